The number of amides is 1. The van der Waals surface area contributed by atoms with Gasteiger partial charge >= 0.3 is 0 Å². The number of carbonyl (C=O) groups excluding carboxylic acids is 1. The number of hydrogen-bond acceptors (Lipinski definition) is 8. The number of aromatic nitrogens is 4. The van der Waals surface area contributed by atoms with E-state index >= 15 is 0 Å². The van der Waals surface area contributed by atoms with Crippen molar-refractivity contribution in [3.63, 3.8) is 0 Å². The van der Waals surface area contributed by atoms with Gasteiger partial charge in [-0.3, -0.25) is 9.78 Å². The highest BCUT2D eigenvalue weighted by atomic mass is 16.5. The fraction of sp³-hybridized carbons (Fsp3) is 0.435. The number of fused-ring (bicyclic) bond motifs is 1. The molecule has 32 heavy (non-hydrogen) atoms. The summed E-state index contributed by atoms with van der Waals surface area (Å²) in [5.74, 6) is 1.21. The third-order valence-electron chi connectivity index (χ3n) is 6.01. The van der Waals surface area contributed by atoms with Crippen molar-refractivity contribution in [3.8, 4) is 11.4 Å². The maximum absolute atomic E-state index is 12.5. The Kier molecular flexibility index (Phi) is 6.17. The number of pyridine rings is 2. The van der Waals surface area contributed by atoms with E-state index < -0.39 is 0 Å². The summed E-state index contributed by atoms with van der Waals surface area (Å²) >= 11 is 0. The van der Waals surface area contributed by atoms with Crippen LogP contribution in [0.4, 0.5) is 11.6 Å². The summed E-state index contributed by atoms with van der Waals surface area (Å²) < 4.78 is 5.34. The van der Waals surface area contributed by atoms with E-state index in [1.807, 2.05) is 12.1 Å². The quantitative estimate of drug-likeness (QED) is 0.563. The highest BCUT2D eigenvalue weighted by Gasteiger charge is 2.22. The predicted molar refractivity (Wildman–Crippen MR) is 122 cm³/mol. The van der Waals surface area contributed by atoms with Gasteiger partial charge in [-0.15, -0.1) is 0 Å². The third-order valence-corrected chi connectivity index (χ3v) is 6.01. The molecule has 0 atom stereocenters. The lowest BCUT2D eigenvalue weighted by Gasteiger charge is -2.24. The van der Waals surface area contributed by atoms with Gasteiger partial charge in [0, 0.05) is 42.8 Å². The first kappa shape index (κ1) is 20.7. The van der Waals surface area contributed by atoms with Crippen LogP contribution in [0.15, 0.2) is 36.8 Å². The van der Waals surface area contributed by atoms with E-state index in [4.69, 9.17) is 14.7 Å². The lowest BCUT2D eigenvalue weighted by Crippen LogP contribution is -2.35. The summed E-state index contributed by atoms with van der Waals surface area (Å²) in [4.78, 5) is 30.8. The number of hydrogen-bond donors (Lipinski definition) is 3. The molecule has 3 N–H and O–H groups in total. The van der Waals surface area contributed by atoms with E-state index in [0.717, 1.165) is 61.2 Å². The Hall–Kier alpha value is -3.17. The van der Waals surface area contributed by atoms with Gasteiger partial charge in [-0.2, -0.15) is 0 Å². The SMILES string of the molecule is O=C(Nc1cc2nc(-c3cncc(NC4CCNCC4)n3)ccc2cn1)C1CCOCC1. The fourth-order valence-corrected chi connectivity index (χ4v) is 4.15. The molecule has 9 heteroatoms. The molecule has 0 unspecified atom stereocenters. The number of ether oxygens (including phenoxy) is 1. The van der Waals surface area contributed by atoms with E-state index in [9.17, 15) is 4.79 Å². The lowest BCUT2D eigenvalue weighted by atomic mass is 9.99. The molecule has 9 nitrogen and oxygen atoms in total. The van der Waals surface area contributed by atoms with Crippen LogP contribution in [0.25, 0.3) is 22.3 Å². The van der Waals surface area contributed by atoms with Crippen LogP contribution in [-0.2, 0) is 9.53 Å². The van der Waals surface area contributed by atoms with Crippen LogP contribution in [0.1, 0.15) is 25.7 Å². The standard InChI is InChI=1S/C23H27N7O2/c31-23(15-5-9-32-10-6-15)30-21-11-19-16(12-26-21)1-2-18(28-19)20-13-25-14-22(29-20)27-17-3-7-24-8-4-17/h1-2,11-15,17,24H,3-10H2,(H,27,29)(H,26,30,31). The highest BCUT2D eigenvalue weighted by molar-refractivity contribution is 5.93. The molecule has 2 fully saturated rings. The minimum atomic E-state index is -0.0361. The first-order valence-electron chi connectivity index (χ1n) is 11.2. The molecule has 0 aliphatic carbocycles. The van der Waals surface area contributed by atoms with Crippen molar-refractivity contribution in [1.82, 2.24) is 25.3 Å². The first-order valence-corrected chi connectivity index (χ1v) is 11.2. The molecule has 1 amide bonds. The maximum atomic E-state index is 12.5. The van der Waals surface area contributed by atoms with Crippen molar-refractivity contribution in [2.75, 3.05) is 36.9 Å². The van der Waals surface area contributed by atoms with Crippen LogP contribution < -0.4 is 16.0 Å². The zero-order chi connectivity index (χ0) is 21.8. The molecule has 5 heterocycles. The summed E-state index contributed by atoms with van der Waals surface area (Å²) in [6.45, 7) is 3.28. The van der Waals surface area contributed by atoms with Crippen LogP contribution in [0, 0.1) is 5.92 Å². The predicted octanol–water partition coefficient (Wildman–Crippen LogP) is 2.62. The molecule has 3 aromatic heterocycles. The largest absolute Gasteiger partial charge is 0.381 e. The Bertz CT molecular complexity index is 1090. The van der Waals surface area contributed by atoms with Crippen molar-refractivity contribution in [2.45, 2.75) is 31.7 Å². The van der Waals surface area contributed by atoms with E-state index in [1.54, 1.807) is 24.7 Å². The number of nitrogens with one attached hydrogen (secondary N) is 3. The van der Waals surface area contributed by atoms with Gasteiger partial charge in [-0.05, 0) is 50.9 Å². The summed E-state index contributed by atoms with van der Waals surface area (Å²) in [5.41, 5.74) is 2.18. The molecule has 2 saturated heterocycles. The van der Waals surface area contributed by atoms with Crippen LogP contribution in [0.2, 0.25) is 0 Å². The van der Waals surface area contributed by atoms with Crippen molar-refractivity contribution < 1.29 is 9.53 Å². The molecule has 3 aromatic rings. The summed E-state index contributed by atoms with van der Waals surface area (Å²) in [6, 6.07) is 6.09. The van der Waals surface area contributed by atoms with E-state index in [-0.39, 0.29) is 11.8 Å². The van der Waals surface area contributed by atoms with Crippen molar-refractivity contribution >= 4 is 28.4 Å². The minimum absolute atomic E-state index is 0.0149. The summed E-state index contributed by atoms with van der Waals surface area (Å²) in [6.07, 6.45) is 8.80. The zero-order valence-corrected chi connectivity index (χ0v) is 17.9. The molecule has 2 aliphatic rings. The molecule has 0 saturated carbocycles. The second-order valence-electron chi connectivity index (χ2n) is 8.29. The van der Waals surface area contributed by atoms with Crippen LogP contribution in [0.3, 0.4) is 0 Å². The Morgan fingerprint density at radius 1 is 0.969 bits per heavy atom. The van der Waals surface area contributed by atoms with Crippen molar-refractivity contribution in [3.05, 3.63) is 36.8 Å². The molecule has 0 radical (unpaired) electrons. The van der Waals surface area contributed by atoms with Crippen molar-refractivity contribution in [2.24, 2.45) is 5.92 Å². The smallest absolute Gasteiger partial charge is 0.228 e. The van der Waals surface area contributed by atoms with Gasteiger partial charge < -0.3 is 20.7 Å². The van der Waals surface area contributed by atoms with Gasteiger partial charge in [0.2, 0.25) is 5.91 Å². The topological polar surface area (TPSA) is 114 Å². The van der Waals surface area contributed by atoms with E-state index in [1.165, 1.54) is 0 Å². The van der Waals surface area contributed by atoms with Crippen LogP contribution in [0.5, 0.6) is 0 Å². The Morgan fingerprint density at radius 3 is 2.66 bits per heavy atom. The van der Waals surface area contributed by atoms with E-state index in [2.05, 4.69) is 25.9 Å². The molecule has 0 aromatic carbocycles. The van der Waals surface area contributed by atoms with Crippen LogP contribution >= 0.6 is 0 Å². The molecule has 5 rings (SSSR count). The molecular weight excluding hydrogens is 406 g/mol. The molecule has 166 valence electrons. The molecule has 2 aliphatic heterocycles. The van der Waals surface area contributed by atoms with Crippen molar-refractivity contribution in [1.29, 1.82) is 0 Å². The second-order valence-corrected chi connectivity index (χ2v) is 8.29. The Morgan fingerprint density at radius 2 is 1.81 bits per heavy atom. The van der Waals surface area contributed by atoms with Gasteiger partial charge in [0.1, 0.15) is 17.3 Å². The average Bonchev–Trinajstić information content (AvgIpc) is 2.85. The van der Waals surface area contributed by atoms with Gasteiger partial charge in [0.15, 0.2) is 0 Å². The minimum Gasteiger partial charge on any atom is -0.381 e. The fourth-order valence-electron chi connectivity index (χ4n) is 4.15. The molecule has 0 spiro atoms. The molecule has 0 bridgehead atoms. The summed E-state index contributed by atoms with van der Waals surface area (Å²) in [7, 11) is 0. The second kappa shape index (κ2) is 9.54. The highest BCUT2D eigenvalue weighted by Crippen LogP contribution is 2.23. The normalized spacial score (nSPS) is 17.9. The van der Waals surface area contributed by atoms with Gasteiger partial charge in [-0.25, -0.2) is 15.0 Å². The van der Waals surface area contributed by atoms with Gasteiger partial charge in [-0.1, -0.05) is 0 Å². The maximum Gasteiger partial charge on any atom is 0.228 e. The number of nitrogens with zero attached hydrogens (tertiary/aromatic N) is 4. The number of rotatable bonds is 5. The summed E-state index contributed by atoms with van der Waals surface area (Å²) in [5, 5.41) is 10.7. The van der Waals surface area contributed by atoms with E-state index in [0.29, 0.717) is 30.8 Å². The monoisotopic (exact) mass is 433 g/mol. The Balaban J connectivity index is 1.34. The zero-order valence-electron chi connectivity index (χ0n) is 17.9. The first-order chi connectivity index (χ1) is 15.7. The number of piperidine rings is 1. The van der Waals surface area contributed by atoms with Crippen LogP contribution in [-0.4, -0.2) is 58.2 Å². The van der Waals surface area contributed by atoms with Gasteiger partial charge in [0.25, 0.3) is 0 Å². The molecular formula is C23H27N7O2. The number of carbonyl (C=O) groups is 1. The Labute approximate surface area is 186 Å². The average molecular weight is 434 g/mol. The number of anilines is 2. The third kappa shape index (κ3) is 4.84. The van der Waals surface area contributed by atoms with Gasteiger partial charge in [0.05, 0.1) is 23.6 Å². The lowest BCUT2D eigenvalue weighted by molar-refractivity contribution is -0.122.